The predicted molar refractivity (Wildman–Crippen MR) is 72.2 cm³/mol. The second-order valence-corrected chi connectivity index (χ2v) is 6.13. The highest BCUT2D eigenvalue weighted by molar-refractivity contribution is 8.01. The molecular weight excluding hydrogens is 216 g/mol. The van der Waals surface area contributed by atoms with Gasteiger partial charge in [-0.05, 0) is 26.0 Å². The van der Waals surface area contributed by atoms with Crippen LogP contribution < -0.4 is 0 Å². The van der Waals surface area contributed by atoms with Gasteiger partial charge in [0.15, 0.2) is 5.78 Å². The van der Waals surface area contributed by atoms with Crippen LogP contribution in [0.2, 0.25) is 0 Å². The molecule has 0 aliphatic carbocycles. The van der Waals surface area contributed by atoms with Gasteiger partial charge in [0.1, 0.15) is 0 Å². The first kappa shape index (κ1) is 13.3. The van der Waals surface area contributed by atoms with Gasteiger partial charge >= 0.3 is 0 Å². The van der Waals surface area contributed by atoms with Crippen molar-refractivity contribution in [1.29, 1.82) is 0 Å². The van der Waals surface area contributed by atoms with Crippen molar-refractivity contribution in [2.45, 2.75) is 38.4 Å². The van der Waals surface area contributed by atoms with Crippen molar-refractivity contribution in [3.63, 3.8) is 0 Å². The average Bonchev–Trinajstić information content (AvgIpc) is 2.29. The van der Waals surface area contributed by atoms with Crippen LogP contribution in [0.25, 0.3) is 0 Å². The van der Waals surface area contributed by atoms with Crippen molar-refractivity contribution in [2.75, 3.05) is 5.75 Å². The highest BCUT2D eigenvalue weighted by atomic mass is 32.2. The van der Waals surface area contributed by atoms with E-state index in [0.29, 0.717) is 0 Å². The summed E-state index contributed by atoms with van der Waals surface area (Å²) in [6, 6.07) is 9.56. The summed E-state index contributed by atoms with van der Waals surface area (Å²) in [5.41, 5.74) is 0.816. The molecule has 1 nitrogen and oxygen atoms in total. The van der Waals surface area contributed by atoms with Gasteiger partial charge in [-0.3, -0.25) is 4.79 Å². The highest BCUT2D eigenvalue weighted by Crippen LogP contribution is 2.29. The molecule has 0 amide bonds. The fourth-order valence-electron chi connectivity index (χ4n) is 1.47. The largest absolute Gasteiger partial charge is 0.293 e. The lowest BCUT2D eigenvalue weighted by molar-refractivity contribution is 0.0958. The Kier molecular flexibility index (Phi) is 5.07. The molecule has 0 aliphatic rings. The van der Waals surface area contributed by atoms with E-state index in [-0.39, 0.29) is 10.5 Å². The number of unbranched alkanes of at least 4 members (excludes halogenated alkanes) is 1. The molecule has 0 saturated heterocycles. The summed E-state index contributed by atoms with van der Waals surface area (Å²) in [5, 5.41) is 0. The summed E-state index contributed by atoms with van der Waals surface area (Å²) in [6.45, 7) is 6.21. The molecule has 0 unspecified atom stereocenters. The van der Waals surface area contributed by atoms with Crippen molar-refractivity contribution in [2.24, 2.45) is 0 Å². The molecule has 1 rings (SSSR count). The Bertz CT molecular complexity index is 330. The van der Waals surface area contributed by atoms with Gasteiger partial charge in [0.05, 0.1) is 4.75 Å². The number of Topliss-reactive ketones (excluding diaryl/α,β-unsaturated/α-hetero) is 1. The molecule has 0 radical (unpaired) electrons. The molecule has 16 heavy (non-hydrogen) atoms. The zero-order valence-corrected chi connectivity index (χ0v) is 11.1. The van der Waals surface area contributed by atoms with E-state index in [1.54, 1.807) is 11.8 Å². The van der Waals surface area contributed by atoms with Crippen LogP contribution >= 0.6 is 11.8 Å². The van der Waals surface area contributed by atoms with Crippen LogP contribution in [-0.2, 0) is 0 Å². The maximum absolute atomic E-state index is 12.2. The lowest BCUT2D eigenvalue weighted by Gasteiger charge is -2.22. The number of thioether (sulfide) groups is 1. The number of hydrogen-bond donors (Lipinski definition) is 0. The number of carbonyl (C=O) groups is 1. The Morgan fingerprint density at radius 2 is 1.88 bits per heavy atom. The molecule has 0 aromatic heterocycles. The zero-order chi connectivity index (χ0) is 12.0. The average molecular weight is 236 g/mol. The second-order valence-electron chi connectivity index (χ2n) is 4.41. The highest BCUT2D eigenvalue weighted by Gasteiger charge is 2.28. The predicted octanol–water partition coefficient (Wildman–Crippen LogP) is 4.18. The molecule has 0 aliphatic heterocycles. The minimum absolute atomic E-state index is 0.231. The van der Waals surface area contributed by atoms with E-state index in [2.05, 4.69) is 6.92 Å². The fraction of sp³-hybridized carbons (Fsp3) is 0.500. The Morgan fingerprint density at radius 1 is 1.25 bits per heavy atom. The molecule has 2 heteroatoms. The molecule has 88 valence electrons. The molecule has 0 atom stereocenters. The van der Waals surface area contributed by atoms with Crippen LogP contribution in [0.1, 0.15) is 44.0 Å². The van der Waals surface area contributed by atoms with E-state index in [1.807, 2.05) is 44.2 Å². The Labute approximate surface area is 103 Å². The molecule has 0 bridgehead atoms. The van der Waals surface area contributed by atoms with E-state index in [9.17, 15) is 4.79 Å². The minimum atomic E-state index is -0.309. The van der Waals surface area contributed by atoms with E-state index < -0.39 is 0 Å². The van der Waals surface area contributed by atoms with Crippen molar-refractivity contribution in [1.82, 2.24) is 0 Å². The smallest absolute Gasteiger partial charge is 0.178 e. The molecule has 0 heterocycles. The van der Waals surface area contributed by atoms with Gasteiger partial charge < -0.3 is 0 Å². The Hall–Kier alpha value is -0.760. The van der Waals surface area contributed by atoms with Crippen LogP contribution in [0, 0.1) is 0 Å². The van der Waals surface area contributed by atoms with Crippen LogP contribution in [0.5, 0.6) is 0 Å². The molecule has 0 fully saturated rings. The quantitative estimate of drug-likeness (QED) is 0.544. The van der Waals surface area contributed by atoms with Gasteiger partial charge in [0.25, 0.3) is 0 Å². The van der Waals surface area contributed by atoms with E-state index in [1.165, 1.54) is 12.8 Å². The maximum Gasteiger partial charge on any atom is 0.178 e. The van der Waals surface area contributed by atoms with Crippen LogP contribution in [-0.4, -0.2) is 16.3 Å². The number of ketones is 1. The molecule has 0 spiro atoms. The van der Waals surface area contributed by atoms with E-state index in [0.717, 1.165) is 11.3 Å². The van der Waals surface area contributed by atoms with Gasteiger partial charge in [0, 0.05) is 5.56 Å². The molecule has 0 N–H and O–H groups in total. The second kappa shape index (κ2) is 6.09. The topological polar surface area (TPSA) is 17.1 Å². The van der Waals surface area contributed by atoms with E-state index >= 15 is 0 Å². The molecule has 0 saturated carbocycles. The first-order chi connectivity index (χ1) is 7.58. The number of carbonyl (C=O) groups excluding carboxylic acids is 1. The van der Waals surface area contributed by atoms with Crippen molar-refractivity contribution >= 4 is 17.5 Å². The SMILES string of the molecule is CCCCSC(C)(C)C(=O)c1ccccc1. The van der Waals surface area contributed by atoms with Crippen LogP contribution in [0.3, 0.4) is 0 Å². The van der Waals surface area contributed by atoms with Gasteiger partial charge in [-0.25, -0.2) is 0 Å². The first-order valence-corrected chi connectivity index (χ1v) is 6.80. The number of benzene rings is 1. The van der Waals surface area contributed by atoms with Gasteiger partial charge in [-0.15, -0.1) is 11.8 Å². The first-order valence-electron chi connectivity index (χ1n) is 5.81. The summed E-state index contributed by atoms with van der Waals surface area (Å²) < 4.78 is -0.309. The third-order valence-electron chi connectivity index (χ3n) is 2.54. The number of rotatable bonds is 6. The minimum Gasteiger partial charge on any atom is -0.293 e. The molecular formula is C14H20OS. The summed E-state index contributed by atoms with van der Waals surface area (Å²) >= 11 is 1.76. The van der Waals surface area contributed by atoms with Gasteiger partial charge in [0.2, 0.25) is 0 Å². The third-order valence-corrected chi connectivity index (χ3v) is 3.94. The summed E-state index contributed by atoms with van der Waals surface area (Å²) in [6.07, 6.45) is 2.36. The standard InChI is InChI=1S/C14H20OS/c1-4-5-11-16-14(2,3)13(15)12-9-7-6-8-10-12/h6-10H,4-5,11H2,1-3H3. The summed E-state index contributed by atoms with van der Waals surface area (Å²) in [7, 11) is 0. The normalized spacial score (nSPS) is 11.4. The van der Waals surface area contributed by atoms with Crippen LogP contribution in [0.15, 0.2) is 30.3 Å². The van der Waals surface area contributed by atoms with Gasteiger partial charge in [-0.2, -0.15) is 0 Å². The molecule has 1 aromatic carbocycles. The summed E-state index contributed by atoms with van der Waals surface area (Å²) in [4.78, 5) is 12.2. The Morgan fingerprint density at radius 3 is 2.44 bits per heavy atom. The van der Waals surface area contributed by atoms with Gasteiger partial charge in [-0.1, -0.05) is 43.7 Å². The number of hydrogen-bond acceptors (Lipinski definition) is 2. The monoisotopic (exact) mass is 236 g/mol. The lowest BCUT2D eigenvalue weighted by atomic mass is 10.0. The van der Waals surface area contributed by atoms with Crippen molar-refractivity contribution in [3.05, 3.63) is 35.9 Å². The molecule has 1 aromatic rings. The lowest BCUT2D eigenvalue weighted by Crippen LogP contribution is -2.28. The fourth-order valence-corrected chi connectivity index (χ4v) is 2.67. The van der Waals surface area contributed by atoms with Crippen LogP contribution in [0.4, 0.5) is 0 Å². The third kappa shape index (κ3) is 3.67. The maximum atomic E-state index is 12.2. The van der Waals surface area contributed by atoms with Crippen molar-refractivity contribution in [3.8, 4) is 0 Å². The van der Waals surface area contributed by atoms with Crippen molar-refractivity contribution < 1.29 is 4.79 Å². The Balaban J connectivity index is 2.65. The summed E-state index contributed by atoms with van der Waals surface area (Å²) in [5.74, 6) is 1.29. The zero-order valence-electron chi connectivity index (χ0n) is 10.3. The van der Waals surface area contributed by atoms with E-state index in [4.69, 9.17) is 0 Å².